The average Bonchev–Trinajstić information content (AvgIpc) is 1.89. The molecule has 0 atom stereocenters. The first-order chi connectivity index (χ1) is 4.34. The van der Waals surface area contributed by atoms with Crippen molar-refractivity contribution < 1.29 is 10.2 Å². The highest BCUT2D eigenvalue weighted by molar-refractivity contribution is 6.32. The molecule has 0 aliphatic rings. The predicted molar refractivity (Wildman–Crippen MR) is 41.6 cm³/mol. The van der Waals surface area contributed by atoms with Gasteiger partial charge in [-0.05, 0) is 12.1 Å². The number of halogens is 1. The molecule has 0 radical (unpaired) electrons. The number of ether oxygens (including phenoxy) is 1. The van der Waals surface area contributed by atoms with Gasteiger partial charge in [0, 0.05) is 0 Å². The van der Waals surface area contributed by atoms with Gasteiger partial charge in [0.15, 0.2) is 0 Å². The summed E-state index contributed by atoms with van der Waals surface area (Å²) < 4.78 is 4.91. The zero-order valence-corrected chi connectivity index (χ0v) is 6.35. The summed E-state index contributed by atoms with van der Waals surface area (Å²) in [5, 5.41) is 0.653. The van der Waals surface area contributed by atoms with Crippen LogP contribution in [0.25, 0.3) is 0 Å². The summed E-state index contributed by atoms with van der Waals surface area (Å²) in [5.41, 5.74) is 0. The van der Waals surface area contributed by atoms with E-state index in [0.717, 1.165) is 5.75 Å². The van der Waals surface area contributed by atoms with Gasteiger partial charge in [-0.2, -0.15) is 0 Å². The Bertz CT molecular complexity index is 201. The van der Waals surface area contributed by atoms with Crippen molar-refractivity contribution in [3.05, 3.63) is 29.3 Å². The fourth-order valence-electron chi connectivity index (χ4n) is 0.610. The molecular weight excluding hydrogens is 152 g/mol. The quantitative estimate of drug-likeness (QED) is 0.614. The summed E-state index contributed by atoms with van der Waals surface area (Å²) in [5.74, 6) is 0.721. The Morgan fingerprint density at radius 3 is 2.30 bits per heavy atom. The molecule has 10 heavy (non-hydrogen) atoms. The van der Waals surface area contributed by atoms with Crippen molar-refractivity contribution >= 4 is 11.6 Å². The minimum absolute atomic E-state index is 0. The Morgan fingerprint density at radius 1 is 1.30 bits per heavy atom. The van der Waals surface area contributed by atoms with Crippen LogP contribution in [0, 0.1) is 0 Å². The van der Waals surface area contributed by atoms with Crippen LogP contribution in [0.15, 0.2) is 24.3 Å². The number of methoxy groups -OCH3 is 1. The van der Waals surface area contributed by atoms with E-state index in [1.807, 2.05) is 18.2 Å². The number of benzene rings is 1. The highest BCUT2D eigenvalue weighted by atomic mass is 35.5. The lowest BCUT2D eigenvalue weighted by molar-refractivity contribution is 0.415. The summed E-state index contributed by atoms with van der Waals surface area (Å²) >= 11 is 5.70. The zero-order chi connectivity index (χ0) is 6.69. The molecular formula is C7H9ClO2. The van der Waals surface area contributed by atoms with E-state index in [9.17, 15) is 0 Å². The number of para-hydroxylation sites is 1. The van der Waals surface area contributed by atoms with Crippen LogP contribution in [0.2, 0.25) is 5.02 Å². The standard InChI is InChI=1S/C7H7ClO.H2O/c1-9-7-5-3-2-4-6(7)8;/h2-5H,1H3;1H2. The SMILES string of the molecule is COc1ccccc1Cl.O. The molecule has 1 aromatic carbocycles. The fourth-order valence-corrected chi connectivity index (χ4v) is 0.823. The summed E-state index contributed by atoms with van der Waals surface area (Å²) in [6, 6.07) is 7.36. The lowest BCUT2D eigenvalue weighted by Crippen LogP contribution is -1.81. The molecule has 0 spiro atoms. The molecule has 0 saturated carbocycles. The van der Waals surface area contributed by atoms with Crippen LogP contribution >= 0.6 is 11.6 Å². The van der Waals surface area contributed by atoms with E-state index in [0.29, 0.717) is 5.02 Å². The predicted octanol–water partition coefficient (Wildman–Crippen LogP) is 1.52. The van der Waals surface area contributed by atoms with Crippen molar-refractivity contribution in [2.75, 3.05) is 7.11 Å². The lowest BCUT2D eigenvalue weighted by atomic mass is 10.3. The maximum absolute atomic E-state index is 5.70. The van der Waals surface area contributed by atoms with Gasteiger partial charge < -0.3 is 10.2 Å². The summed E-state index contributed by atoms with van der Waals surface area (Å²) in [4.78, 5) is 0. The van der Waals surface area contributed by atoms with Gasteiger partial charge >= 0.3 is 0 Å². The van der Waals surface area contributed by atoms with Crippen molar-refractivity contribution in [1.29, 1.82) is 0 Å². The molecule has 1 rings (SSSR count). The second kappa shape index (κ2) is 4.14. The molecule has 0 aliphatic heterocycles. The Hall–Kier alpha value is -0.730. The minimum Gasteiger partial charge on any atom is -0.495 e. The Morgan fingerprint density at radius 2 is 1.90 bits per heavy atom. The minimum atomic E-state index is 0. The lowest BCUT2D eigenvalue weighted by Gasteiger charge is -1.98. The van der Waals surface area contributed by atoms with Crippen molar-refractivity contribution in [1.82, 2.24) is 0 Å². The molecule has 2 nitrogen and oxygen atoms in total. The highest BCUT2D eigenvalue weighted by Gasteiger charge is 1.93. The highest BCUT2D eigenvalue weighted by Crippen LogP contribution is 2.21. The normalized spacial score (nSPS) is 8.20. The fraction of sp³-hybridized carbons (Fsp3) is 0.143. The summed E-state index contributed by atoms with van der Waals surface area (Å²) in [7, 11) is 1.60. The van der Waals surface area contributed by atoms with Crippen molar-refractivity contribution in [2.45, 2.75) is 0 Å². The number of hydrogen-bond donors (Lipinski definition) is 0. The van der Waals surface area contributed by atoms with Crippen LogP contribution in [0.1, 0.15) is 0 Å². The van der Waals surface area contributed by atoms with Crippen LogP contribution in [-0.2, 0) is 0 Å². The van der Waals surface area contributed by atoms with Gasteiger partial charge in [0.1, 0.15) is 5.75 Å². The molecule has 1 aromatic rings. The van der Waals surface area contributed by atoms with Crippen LogP contribution in [0.3, 0.4) is 0 Å². The third-order valence-electron chi connectivity index (χ3n) is 1.06. The smallest absolute Gasteiger partial charge is 0.137 e. The van der Waals surface area contributed by atoms with Gasteiger partial charge in [-0.3, -0.25) is 0 Å². The van der Waals surface area contributed by atoms with E-state index in [1.165, 1.54) is 0 Å². The van der Waals surface area contributed by atoms with Crippen molar-refractivity contribution in [3.8, 4) is 5.75 Å². The van der Waals surface area contributed by atoms with E-state index in [-0.39, 0.29) is 5.48 Å². The molecule has 0 amide bonds. The number of hydrogen-bond acceptors (Lipinski definition) is 1. The van der Waals surface area contributed by atoms with E-state index in [1.54, 1.807) is 13.2 Å². The van der Waals surface area contributed by atoms with Crippen molar-refractivity contribution in [2.24, 2.45) is 0 Å². The van der Waals surface area contributed by atoms with E-state index >= 15 is 0 Å². The molecule has 0 aliphatic carbocycles. The van der Waals surface area contributed by atoms with Gasteiger partial charge in [-0.15, -0.1) is 0 Å². The second-order valence-corrected chi connectivity index (χ2v) is 2.04. The molecule has 0 fully saturated rings. The van der Waals surface area contributed by atoms with Crippen molar-refractivity contribution in [3.63, 3.8) is 0 Å². The molecule has 3 heteroatoms. The molecule has 0 aromatic heterocycles. The van der Waals surface area contributed by atoms with Crippen LogP contribution < -0.4 is 4.74 Å². The third kappa shape index (κ3) is 1.90. The Balaban J connectivity index is 0.000000810. The second-order valence-electron chi connectivity index (χ2n) is 1.63. The molecule has 56 valence electrons. The molecule has 2 N–H and O–H groups in total. The first-order valence-electron chi connectivity index (χ1n) is 2.63. The zero-order valence-electron chi connectivity index (χ0n) is 5.60. The van der Waals surface area contributed by atoms with Crippen LogP contribution in [0.5, 0.6) is 5.75 Å². The van der Waals surface area contributed by atoms with Gasteiger partial charge in [-0.25, -0.2) is 0 Å². The van der Waals surface area contributed by atoms with Crippen LogP contribution in [-0.4, -0.2) is 12.6 Å². The average molecular weight is 161 g/mol. The molecule has 0 heterocycles. The summed E-state index contributed by atoms with van der Waals surface area (Å²) in [6.45, 7) is 0. The van der Waals surface area contributed by atoms with E-state index < -0.39 is 0 Å². The Labute approximate surface area is 64.7 Å². The topological polar surface area (TPSA) is 40.7 Å². The Kier molecular flexibility index (Phi) is 3.84. The monoisotopic (exact) mass is 160 g/mol. The first-order valence-corrected chi connectivity index (χ1v) is 3.01. The molecule has 0 bridgehead atoms. The largest absolute Gasteiger partial charge is 0.495 e. The third-order valence-corrected chi connectivity index (χ3v) is 1.37. The van der Waals surface area contributed by atoms with Gasteiger partial charge in [0.25, 0.3) is 0 Å². The molecule has 0 saturated heterocycles. The summed E-state index contributed by atoms with van der Waals surface area (Å²) in [6.07, 6.45) is 0. The van der Waals surface area contributed by atoms with E-state index in [2.05, 4.69) is 0 Å². The van der Waals surface area contributed by atoms with Gasteiger partial charge in [-0.1, -0.05) is 23.7 Å². The first kappa shape index (κ1) is 9.27. The van der Waals surface area contributed by atoms with Gasteiger partial charge in [0.2, 0.25) is 0 Å². The molecule has 0 unspecified atom stereocenters. The maximum Gasteiger partial charge on any atom is 0.137 e. The van der Waals surface area contributed by atoms with E-state index in [4.69, 9.17) is 16.3 Å². The number of rotatable bonds is 1. The maximum atomic E-state index is 5.70. The van der Waals surface area contributed by atoms with Crippen LogP contribution in [0.4, 0.5) is 0 Å². The van der Waals surface area contributed by atoms with Gasteiger partial charge in [0.05, 0.1) is 12.1 Å².